The van der Waals surface area contributed by atoms with Crippen molar-refractivity contribution in [3.05, 3.63) is 98.9 Å². The molecule has 35 heavy (non-hydrogen) atoms. The Morgan fingerprint density at radius 3 is 2.49 bits per heavy atom. The van der Waals surface area contributed by atoms with Gasteiger partial charge in [-0.1, -0.05) is 36.4 Å². The van der Waals surface area contributed by atoms with Crippen LogP contribution in [0.4, 0.5) is 4.39 Å². The lowest BCUT2D eigenvalue weighted by Crippen LogP contribution is -2.17. The lowest BCUT2D eigenvalue weighted by molar-refractivity contribution is 0.0952. The van der Waals surface area contributed by atoms with Crippen LogP contribution in [0.5, 0.6) is 17.2 Å². The van der Waals surface area contributed by atoms with E-state index in [0.29, 0.717) is 23.7 Å². The summed E-state index contributed by atoms with van der Waals surface area (Å²) in [6.07, 6.45) is 1.49. The first-order valence-corrected chi connectivity index (χ1v) is 11.9. The number of nitrogens with zero attached hydrogens (tertiary/aromatic N) is 1. The van der Waals surface area contributed by atoms with Crippen LogP contribution in [0.15, 0.2) is 77.9 Å². The van der Waals surface area contributed by atoms with Crippen LogP contribution in [0.3, 0.4) is 0 Å². The number of carbonyl (C=O) groups is 1. The molecule has 0 bridgehead atoms. The Labute approximate surface area is 215 Å². The van der Waals surface area contributed by atoms with E-state index in [0.717, 1.165) is 19.9 Å². The van der Waals surface area contributed by atoms with Gasteiger partial charge in [-0.2, -0.15) is 5.10 Å². The molecule has 8 heteroatoms. The molecule has 0 aliphatic rings. The molecule has 0 spiro atoms. The monoisotopic (exact) mass is 584 g/mol. The number of aromatic hydroxyl groups is 1. The van der Waals surface area contributed by atoms with Crippen molar-refractivity contribution in [2.75, 3.05) is 6.61 Å². The number of rotatable bonds is 8. The highest BCUT2D eigenvalue weighted by Gasteiger charge is 2.14. The van der Waals surface area contributed by atoms with Crippen molar-refractivity contribution in [1.82, 2.24) is 5.43 Å². The number of nitrogens with one attached hydrogen (secondary N) is 1. The number of fused-ring (bicyclic) bond motifs is 1. The third kappa shape index (κ3) is 6.07. The van der Waals surface area contributed by atoms with Crippen LogP contribution in [0.2, 0.25) is 0 Å². The van der Waals surface area contributed by atoms with Gasteiger partial charge in [-0.15, -0.1) is 0 Å². The zero-order valence-corrected chi connectivity index (χ0v) is 21.0. The Morgan fingerprint density at radius 1 is 1.06 bits per heavy atom. The fourth-order valence-electron chi connectivity index (χ4n) is 3.44. The van der Waals surface area contributed by atoms with Crippen molar-refractivity contribution in [1.29, 1.82) is 0 Å². The van der Waals surface area contributed by atoms with E-state index in [1.807, 2.05) is 37.3 Å². The van der Waals surface area contributed by atoms with E-state index in [4.69, 9.17) is 9.47 Å². The van der Waals surface area contributed by atoms with E-state index in [1.54, 1.807) is 30.3 Å². The van der Waals surface area contributed by atoms with Crippen LogP contribution in [0.1, 0.15) is 28.4 Å². The Bertz CT molecular complexity index is 1390. The largest absolute Gasteiger partial charge is 0.507 e. The van der Waals surface area contributed by atoms with Crippen LogP contribution < -0.4 is 14.9 Å². The summed E-state index contributed by atoms with van der Waals surface area (Å²) < 4.78 is 25.6. The number of amides is 1. The maximum Gasteiger partial charge on any atom is 0.275 e. The second-order valence-corrected chi connectivity index (χ2v) is 8.76. The molecule has 0 saturated heterocycles. The van der Waals surface area contributed by atoms with Gasteiger partial charge in [-0.25, -0.2) is 9.82 Å². The molecule has 0 unspecified atom stereocenters. The molecule has 0 saturated carbocycles. The summed E-state index contributed by atoms with van der Waals surface area (Å²) in [4.78, 5) is 12.6. The van der Waals surface area contributed by atoms with Crippen molar-refractivity contribution < 1.29 is 23.8 Å². The minimum atomic E-state index is -0.525. The van der Waals surface area contributed by atoms with Crippen molar-refractivity contribution in [3.8, 4) is 17.2 Å². The van der Waals surface area contributed by atoms with Gasteiger partial charge in [0.25, 0.3) is 5.91 Å². The number of hydrogen-bond acceptors (Lipinski definition) is 5. The van der Waals surface area contributed by atoms with Crippen molar-refractivity contribution in [2.24, 2.45) is 5.10 Å². The average Bonchev–Trinajstić information content (AvgIpc) is 2.84. The standard InChI is InChI=1S/C27H22FIN2O4/c1-2-34-25-12-18(11-23(29)26(25)35-16-17-7-9-21(28)10-8-17)15-30-31-27(33)22-13-19-5-3-4-6-20(19)14-24(22)32/h3-15,32H,2,16H2,1H3,(H,31,33). The summed E-state index contributed by atoms with van der Waals surface area (Å²) in [5.74, 6) is 0.154. The predicted molar refractivity (Wildman–Crippen MR) is 142 cm³/mol. The van der Waals surface area contributed by atoms with Crippen LogP contribution in [0.25, 0.3) is 10.8 Å². The maximum absolute atomic E-state index is 13.1. The topological polar surface area (TPSA) is 80.2 Å². The molecular weight excluding hydrogens is 562 g/mol. The highest BCUT2D eigenvalue weighted by Crippen LogP contribution is 2.34. The van der Waals surface area contributed by atoms with Gasteiger partial charge in [0, 0.05) is 0 Å². The third-order valence-corrected chi connectivity index (χ3v) is 5.92. The number of hydrogen-bond donors (Lipinski definition) is 2. The maximum atomic E-state index is 13.1. The first kappa shape index (κ1) is 24.5. The van der Waals surface area contributed by atoms with Gasteiger partial charge < -0.3 is 14.6 Å². The molecule has 0 heterocycles. The Hall–Kier alpha value is -3.66. The highest BCUT2D eigenvalue weighted by molar-refractivity contribution is 14.1. The molecule has 1 amide bonds. The second kappa shape index (κ2) is 11.2. The number of ether oxygens (including phenoxy) is 2. The van der Waals surface area contributed by atoms with Gasteiger partial charge >= 0.3 is 0 Å². The molecule has 4 aromatic carbocycles. The number of benzene rings is 4. The SMILES string of the molecule is CCOc1cc(C=NNC(=O)c2cc3ccccc3cc2O)cc(I)c1OCc1ccc(F)cc1. The van der Waals surface area contributed by atoms with E-state index in [-0.39, 0.29) is 23.7 Å². The molecule has 0 aliphatic heterocycles. The first-order chi connectivity index (χ1) is 16.9. The van der Waals surface area contributed by atoms with E-state index in [1.165, 1.54) is 18.3 Å². The zero-order valence-electron chi connectivity index (χ0n) is 18.8. The summed E-state index contributed by atoms with van der Waals surface area (Å²) in [6.45, 7) is 2.56. The minimum absolute atomic E-state index is 0.118. The third-order valence-electron chi connectivity index (χ3n) is 5.12. The summed E-state index contributed by atoms with van der Waals surface area (Å²) in [7, 11) is 0. The lowest BCUT2D eigenvalue weighted by atomic mass is 10.1. The summed E-state index contributed by atoms with van der Waals surface area (Å²) >= 11 is 2.14. The molecule has 0 atom stereocenters. The van der Waals surface area contributed by atoms with Crippen LogP contribution in [-0.4, -0.2) is 23.8 Å². The van der Waals surface area contributed by atoms with Gasteiger partial charge in [0.1, 0.15) is 18.2 Å². The molecule has 0 radical (unpaired) electrons. The predicted octanol–water partition coefficient (Wildman–Crippen LogP) is 6.03. The molecule has 6 nitrogen and oxygen atoms in total. The minimum Gasteiger partial charge on any atom is -0.507 e. The summed E-state index contributed by atoms with van der Waals surface area (Å²) in [5, 5.41) is 16.0. The highest BCUT2D eigenvalue weighted by atomic mass is 127. The molecule has 178 valence electrons. The zero-order chi connectivity index (χ0) is 24.8. The van der Waals surface area contributed by atoms with Crippen molar-refractivity contribution in [3.63, 3.8) is 0 Å². The summed E-state index contributed by atoms with van der Waals surface area (Å²) in [5.41, 5.74) is 4.11. The van der Waals surface area contributed by atoms with E-state index in [9.17, 15) is 14.3 Å². The lowest BCUT2D eigenvalue weighted by Gasteiger charge is -2.14. The van der Waals surface area contributed by atoms with Crippen LogP contribution in [-0.2, 0) is 6.61 Å². The molecule has 2 N–H and O–H groups in total. The van der Waals surface area contributed by atoms with Gasteiger partial charge in [-0.3, -0.25) is 4.79 Å². The molecule has 4 rings (SSSR count). The van der Waals surface area contributed by atoms with E-state index >= 15 is 0 Å². The normalized spacial score (nSPS) is 11.1. The van der Waals surface area contributed by atoms with E-state index < -0.39 is 5.91 Å². The molecule has 0 fully saturated rings. The van der Waals surface area contributed by atoms with Crippen LogP contribution >= 0.6 is 22.6 Å². The number of hydrazone groups is 1. The molecule has 0 aromatic heterocycles. The molecular formula is C27H22FIN2O4. The number of carbonyl (C=O) groups excluding carboxylic acids is 1. The Morgan fingerprint density at radius 2 is 1.77 bits per heavy atom. The van der Waals surface area contributed by atoms with Crippen molar-refractivity contribution >= 4 is 45.5 Å². The molecule has 0 aliphatic carbocycles. The van der Waals surface area contributed by atoms with E-state index in [2.05, 4.69) is 33.1 Å². The fraction of sp³-hybridized carbons (Fsp3) is 0.111. The van der Waals surface area contributed by atoms with Gasteiger partial charge in [0.05, 0.1) is 22.0 Å². The first-order valence-electron chi connectivity index (χ1n) is 10.8. The fourth-order valence-corrected chi connectivity index (χ4v) is 4.22. The van der Waals surface area contributed by atoms with Gasteiger partial charge in [0.15, 0.2) is 11.5 Å². The second-order valence-electron chi connectivity index (χ2n) is 7.59. The Balaban J connectivity index is 1.48. The molecule has 4 aromatic rings. The average molecular weight is 584 g/mol. The summed E-state index contributed by atoms with van der Waals surface area (Å²) in [6, 6.07) is 20.3. The van der Waals surface area contributed by atoms with Gasteiger partial charge in [-0.05, 0) is 87.8 Å². The number of phenolic OH excluding ortho intramolecular Hbond substituents is 1. The quantitative estimate of drug-likeness (QED) is 0.151. The van der Waals surface area contributed by atoms with Crippen LogP contribution in [0, 0.1) is 9.39 Å². The number of phenols is 1. The van der Waals surface area contributed by atoms with Crippen molar-refractivity contribution in [2.45, 2.75) is 13.5 Å². The smallest absolute Gasteiger partial charge is 0.275 e. The van der Waals surface area contributed by atoms with Gasteiger partial charge in [0.2, 0.25) is 0 Å². The Kier molecular flexibility index (Phi) is 7.81. The number of halogens is 2.